The zero-order chi connectivity index (χ0) is 22.4. The predicted molar refractivity (Wildman–Crippen MR) is 126 cm³/mol. The molecule has 5 heteroatoms. The smallest absolute Gasteiger partial charge is 0.247 e. The Bertz CT molecular complexity index is 869. The normalized spacial score (nSPS) is 21.9. The molecule has 3 rings (SSSR count). The number of hydrogen-bond acceptors (Lipinski definition) is 2. The highest BCUT2D eigenvalue weighted by Gasteiger charge is 2.35. The molecular weight excluding hydrogens is 408 g/mol. The molecule has 1 aliphatic rings. The van der Waals surface area contributed by atoms with Crippen LogP contribution in [0.5, 0.6) is 0 Å². The fourth-order valence-corrected chi connectivity index (χ4v) is 4.60. The first-order valence-electron chi connectivity index (χ1n) is 11.2. The molecule has 0 aromatic heterocycles. The van der Waals surface area contributed by atoms with E-state index in [1.165, 1.54) is 6.42 Å². The Morgan fingerprint density at radius 3 is 2.39 bits per heavy atom. The Hall–Kier alpha value is -2.33. The molecule has 2 amide bonds. The molecule has 0 spiro atoms. The predicted octanol–water partition coefficient (Wildman–Crippen LogP) is 5.24. The summed E-state index contributed by atoms with van der Waals surface area (Å²) in [6.45, 7) is 6.80. The van der Waals surface area contributed by atoms with Crippen molar-refractivity contribution in [2.45, 2.75) is 58.7 Å². The van der Waals surface area contributed by atoms with Crippen LogP contribution in [-0.4, -0.2) is 28.6 Å². The van der Waals surface area contributed by atoms with E-state index in [0.717, 1.165) is 29.5 Å². The highest BCUT2D eigenvalue weighted by atomic mass is 35.5. The van der Waals surface area contributed by atoms with Gasteiger partial charge < -0.3 is 10.2 Å². The van der Waals surface area contributed by atoms with E-state index in [0.29, 0.717) is 18.4 Å². The van der Waals surface area contributed by atoms with E-state index in [-0.39, 0.29) is 23.7 Å². The van der Waals surface area contributed by atoms with E-state index in [9.17, 15) is 9.59 Å². The maximum atomic E-state index is 13.7. The van der Waals surface area contributed by atoms with Gasteiger partial charge in [0.25, 0.3) is 0 Å². The van der Waals surface area contributed by atoms with E-state index < -0.39 is 6.04 Å². The molecule has 0 saturated heterocycles. The lowest BCUT2D eigenvalue weighted by Crippen LogP contribution is -2.50. The second-order valence-electron chi connectivity index (χ2n) is 8.84. The summed E-state index contributed by atoms with van der Waals surface area (Å²) in [5, 5.41) is 3.28. The van der Waals surface area contributed by atoms with Gasteiger partial charge in [-0.05, 0) is 36.3 Å². The lowest BCUT2D eigenvalue weighted by atomic mass is 9.78. The lowest BCUT2D eigenvalue weighted by molar-refractivity contribution is -0.140. The molecular formula is C26H33ClN2O2. The van der Waals surface area contributed by atoms with Crippen molar-refractivity contribution in [1.82, 2.24) is 10.2 Å². The van der Waals surface area contributed by atoms with Crippen molar-refractivity contribution in [1.29, 1.82) is 0 Å². The van der Waals surface area contributed by atoms with Crippen LogP contribution in [0.4, 0.5) is 0 Å². The standard InChI is InChI=1S/C26H33ClN2O2/c1-18-12-14-22(15-13-18)25(26(31)28-23-11-7-8-19(2)20(23)3)29(24(30)16-27)17-21-9-5-4-6-10-21/h4-6,9-10,12-15,19-20,23,25H,7-8,11,16-17H2,1-3H3,(H,28,31)/t19-,20-,23+,25+/m0/s1. The number of halogens is 1. The van der Waals surface area contributed by atoms with Crippen molar-refractivity contribution in [2.75, 3.05) is 5.88 Å². The molecule has 166 valence electrons. The third-order valence-corrected chi connectivity index (χ3v) is 6.85. The third-order valence-electron chi connectivity index (χ3n) is 6.62. The first-order chi connectivity index (χ1) is 14.9. The molecule has 31 heavy (non-hydrogen) atoms. The highest BCUT2D eigenvalue weighted by molar-refractivity contribution is 6.27. The van der Waals surface area contributed by atoms with Gasteiger partial charge in [0.05, 0.1) is 0 Å². The minimum atomic E-state index is -0.725. The Morgan fingerprint density at radius 2 is 1.74 bits per heavy atom. The number of nitrogens with one attached hydrogen (secondary N) is 1. The number of alkyl halides is 1. The molecule has 0 bridgehead atoms. The van der Waals surface area contributed by atoms with Crippen LogP contribution < -0.4 is 5.32 Å². The zero-order valence-corrected chi connectivity index (χ0v) is 19.4. The summed E-state index contributed by atoms with van der Waals surface area (Å²) in [5.41, 5.74) is 2.87. The van der Waals surface area contributed by atoms with Gasteiger partial charge in [-0.2, -0.15) is 0 Å². The van der Waals surface area contributed by atoms with Crippen LogP contribution in [0.1, 0.15) is 55.8 Å². The summed E-state index contributed by atoms with van der Waals surface area (Å²) in [4.78, 5) is 28.2. The second-order valence-corrected chi connectivity index (χ2v) is 9.10. The molecule has 4 atom stereocenters. The molecule has 2 aromatic carbocycles. The topological polar surface area (TPSA) is 49.4 Å². The minimum Gasteiger partial charge on any atom is -0.351 e. The fourth-order valence-electron chi connectivity index (χ4n) is 4.45. The molecule has 0 aliphatic heterocycles. The largest absolute Gasteiger partial charge is 0.351 e. The molecule has 4 nitrogen and oxygen atoms in total. The molecule has 0 heterocycles. The summed E-state index contributed by atoms with van der Waals surface area (Å²) in [6, 6.07) is 17.0. The number of carbonyl (C=O) groups excluding carboxylic acids is 2. The Morgan fingerprint density at radius 1 is 1.06 bits per heavy atom. The first kappa shape index (κ1) is 23.3. The maximum Gasteiger partial charge on any atom is 0.247 e. The van der Waals surface area contributed by atoms with Crippen molar-refractivity contribution < 1.29 is 9.59 Å². The average Bonchev–Trinajstić information content (AvgIpc) is 2.78. The zero-order valence-electron chi connectivity index (χ0n) is 18.7. The van der Waals surface area contributed by atoms with Crippen LogP contribution in [0.3, 0.4) is 0 Å². The summed E-state index contributed by atoms with van der Waals surface area (Å²) < 4.78 is 0. The maximum absolute atomic E-state index is 13.7. The SMILES string of the molecule is Cc1ccc([C@H](C(=O)N[C@@H]2CCC[C@H](C)[C@@H]2C)N(Cc2ccccc2)C(=O)CCl)cc1. The van der Waals surface area contributed by atoms with Crippen LogP contribution >= 0.6 is 11.6 Å². The molecule has 1 aliphatic carbocycles. The van der Waals surface area contributed by atoms with Crippen LogP contribution in [0.25, 0.3) is 0 Å². The van der Waals surface area contributed by atoms with Gasteiger partial charge >= 0.3 is 0 Å². The van der Waals surface area contributed by atoms with E-state index >= 15 is 0 Å². The van der Waals surface area contributed by atoms with Crippen molar-refractivity contribution >= 4 is 23.4 Å². The Labute approximate surface area is 191 Å². The van der Waals surface area contributed by atoms with Gasteiger partial charge in [0.2, 0.25) is 11.8 Å². The summed E-state index contributed by atoms with van der Waals surface area (Å²) in [7, 11) is 0. The van der Waals surface area contributed by atoms with Crippen molar-refractivity contribution in [2.24, 2.45) is 11.8 Å². The number of benzene rings is 2. The minimum absolute atomic E-state index is 0.119. The number of rotatable bonds is 7. The fraction of sp³-hybridized carbons (Fsp3) is 0.462. The van der Waals surface area contributed by atoms with Crippen LogP contribution in [-0.2, 0) is 16.1 Å². The Balaban J connectivity index is 1.94. The molecule has 0 unspecified atom stereocenters. The van der Waals surface area contributed by atoms with Crippen LogP contribution in [0.15, 0.2) is 54.6 Å². The van der Waals surface area contributed by atoms with E-state index in [1.54, 1.807) is 4.90 Å². The van der Waals surface area contributed by atoms with E-state index in [2.05, 4.69) is 19.2 Å². The van der Waals surface area contributed by atoms with Gasteiger partial charge in [0.15, 0.2) is 0 Å². The second kappa shape index (κ2) is 10.8. The van der Waals surface area contributed by atoms with Gasteiger partial charge in [-0.25, -0.2) is 0 Å². The number of hydrogen-bond donors (Lipinski definition) is 1. The summed E-state index contributed by atoms with van der Waals surface area (Å²) in [5.74, 6) is 0.421. The van der Waals surface area contributed by atoms with Gasteiger partial charge in [-0.1, -0.05) is 86.8 Å². The van der Waals surface area contributed by atoms with Crippen molar-refractivity contribution in [3.63, 3.8) is 0 Å². The van der Waals surface area contributed by atoms with Crippen molar-refractivity contribution in [3.8, 4) is 0 Å². The van der Waals surface area contributed by atoms with E-state index in [4.69, 9.17) is 11.6 Å². The number of aryl methyl sites for hydroxylation is 1. The highest BCUT2D eigenvalue weighted by Crippen LogP contribution is 2.31. The molecule has 0 radical (unpaired) electrons. The van der Waals surface area contributed by atoms with Crippen LogP contribution in [0.2, 0.25) is 0 Å². The quantitative estimate of drug-likeness (QED) is 0.598. The Kier molecular flexibility index (Phi) is 8.14. The lowest BCUT2D eigenvalue weighted by Gasteiger charge is -2.37. The number of nitrogens with zero attached hydrogens (tertiary/aromatic N) is 1. The van der Waals surface area contributed by atoms with Gasteiger partial charge in [-0.3, -0.25) is 9.59 Å². The average molecular weight is 441 g/mol. The van der Waals surface area contributed by atoms with Crippen LogP contribution in [0, 0.1) is 18.8 Å². The van der Waals surface area contributed by atoms with E-state index in [1.807, 2.05) is 61.5 Å². The molecule has 1 saturated carbocycles. The third kappa shape index (κ3) is 5.88. The van der Waals surface area contributed by atoms with Gasteiger partial charge in [0, 0.05) is 12.6 Å². The van der Waals surface area contributed by atoms with Gasteiger partial charge in [-0.15, -0.1) is 11.6 Å². The summed E-state index contributed by atoms with van der Waals surface area (Å²) >= 11 is 5.99. The van der Waals surface area contributed by atoms with Crippen molar-refractivity contribution in [3.05, 3.63) is 71.3 Å². The molecule has 2 aromatic rings. The molecule has 1 N–H and O–H groups in total. The summed E-state index contributed by atoms with van der Waals surface area (Å²) in [6.07, 6.45) is 3.28. The van der Waals surface area contributed by atoms with Gasteiger partial charge in [0.1, 0.15) is 11.9 Å². The number of carbonyl (C=O) groups is 2. The first-order valence-corrected chi connectivity index (χ1v) is 11.7. The number of amides is 2. The molecule has 1 fully saturated rings. The monoisotopic (exact) mass is 440 g/mol.